The molecular formula is C19H26N4O6S2. The van der Waals surface area contributed by atoms with Gasteiger partial charge in [0.1, 0.15) is 22.9 Å². The maximum absolute atomic E-state index is 12.3. The summed E-state index contributed by atoms with van der Waals surface area (Å²) in [5, 5.41) is 25.2. The van der Waals surface area contributed by atoms with Crippen LogP contribution in [0.2, 0.25) is 0 Å². The zero-order valence-corrected chi connectivity index (χ0v) is 18.3. The van der Waals surface area contributed by atoms with Crippen LogP contribution < -0.4 is 21.7 Å². The van der Waals surface area contributed by atoms with Gasteiger partial charge in [-0.25, -0.2) is 0 Å². The number of nitrogens with one attached hydrogen (secondary N) is 3. The van der Waals surface area contributed by atoms with Gasteiger partial charge in [-0.05, 0) is 18.4 Å². The van der Waals surface area contributed by atoms with Gasteiger partial charge in [-0.2, -0.15) is 0 Å². The number of thiocarbonyl (C=S) groups is 1. The van der Waals surface area contributed by atoms with E-state index in [2.05, 4.69) is 16.0 Å². The molecule has 31 heavy (non-hydrogen) atoms. The average molecular weight is 471 g/mol. The van der Waals surface area contributed by atoms with Gasteiger partial charge in [0, 0.05) is 18.7 Å². The molecule has 0 aromatic heterocycles. The van der Waals surface area contributed by atoms with E-state index in [1.165, 1.54) is 0 Å². The van der Waals surface area contributed by atoms with Crippen molar-refractivity contribution in [2.75, 3.05) is 18.8 Å². The predicted molar refractivity (Wildman–Crippen MR) is 121 cm³/mol. The fraction of sp³-hybridized carbons (Fsp3) is 0.421. The summed E-state index contributed by atoms with van der Waals surface area (Å²) < 4.78 is 0.425. The monoisotopic (exact) mass is 470 g/mol. The number of aliphatic carboxylic acids is 2. The number of thioether (sulfide) groups is 1. The first-order chi connectivity index (χ1) is 14.7. The van der Waals surface area contributed by atoms with Gasteiger partial charge in [0.2, 0.25) is 11.8 Å². The summed E-state index contributed by atoms with van der Waals surface area (Å²) in [5.41, 5.74) is 6.51. The summed E-state index contributed by atoms with van der Waals surface area (Å²) in [7, 11) is 0. The topological polar surface area (TPSA) is 171 Å². The van der Waals surface area contributed by atoms with Crippen molar-refractivity contribution in [2.45, 2.75) is 31.3 Å². The zero-order chi connectivity index (χ0) is 23.2. The number of hydrogen-bond acceptors (Lipinski definition) is 7. The fourth-order valence-electron chi connectivity index (χ4n) is 2.31. The Bertz CT molecular complexity index is 778. The van der Waals surface area contributed by atoms with Crippen molar-refractivity contribution in [2.24, 2.45) is 5.73 Å². The van der Waals surface area contributed by atoms with Gasteiger partial charge >= 0.3 is 11.9 Å². The third kappa shape index (κ3) is 11.9. The molecule has 0 saturated carbocycles. The van der Waals surface area contributed by atoms with Crippen LogP contribution in [0.5, 0.6) is 0 Å². The lowest BCUT2D eigenvalue weighted by atomic mass is 10.1. The maximum atomic E-state index is 12.3. The molecule has 12 heteroatoms. The Morgan fingerprint density at radius 3 is 2.39 bits per heavy atom. The highest BCUT2D eigenvalue weighted by Gasteiger charge is 2.23. The SMILES string of the molecule is N[C@@H](CCC(=O)N[C@@H](CSC(=S)NCCc1ccccc1)C(=O)NCC(=O)O)C(=O)O. The molecule has 0 fully saturated rings. The molecule has 0 spiro atoms. The van der Waals surface area contributed by atoms with Crippen LogP contribution in [-0.2, 0) is 25.6 Å². The third-order valence-electron chi connectivity index (χ3n) is 3.97. The van der Waals surface area contributed by atoms with E-state index in [0.29, 0.717) is 10.9 Å². The number of amides is 2. The average Bonchev–Trinajstić information content (AvgIpc) is 2.73. The van der Waals surface area contributed by atoms with Crippen molar-refractivity contribution in [3.8, 4) is 0 Å². The first kappa shape index (κ1) is 26.3. The standard InChI is InChI=1S/C19H26N4O6S2/c20-13(18(28)29)6-7-15(24)23-14(17(27)22-10-16(25)26)11-31-19(30)21-9-8-12-4-2-1-3-5-12/h1-5,13-14H,6-11,20H2,(H,21,30)(H,22,27)(H,23,24)(H,25,26)(H,28,29)/t13-,14-/m0/s1. The molecule has 0 aliphatic carbocycles. The third-order valence-corrected chi connectivity index (χ3v) is 5.38. The number of carbonyl (C=O) groups is 4. The highest BCUT2D eigenvalue weighted by Crippen LogP contribution is 2.07. The Morgan fingerprint density at radius 1 is 1.10 bits per heavy atom. The normalized spacial score (nSPS) is 12.3. The van der Waals surface area contributed by atoms with E-state index in [-0.39, 0.29) is 18.6 Å². The molecule has 2 atom stereocenters. The van der Waals surface area contributed by atoms with E-state index >= 15 is 0 Å². The Labute approximate surface area is 189 Å². The minimum Gasteiger partial charge on any atom is -0.480 e. The van der Waals surface area contributed by atoms with Gasteiger partial charge in [-0.3, -0.25) is 19.2 Å². The maximum Gasteiger partial charge on any atom is 0.322 e. The van der Waals surface area contributed by atoms with Crippen molar-refractivity contribution < 1.29 is 29.4 Å². The second-order valence-electron chi connectivity index (χ2n) is 6.48. The lowest BCUT2D eigenvalue weighted by Crippen LogP contribution is -2.49. The fourth-order valence-corrected chi connectivity index (χ4v) is 3.37. The number of hydrogen-bond donors (Lipinski definition) is 6. The molecule has 0 radical (unpaired) electrons. The molecule has 0 aliphatic rings. The Kier molecular flexibility index (Phi) is 12.2. The quantitative estimate of drug-likeness (QED) is 0.211. The molecule has 0 heterocycles. The van der Waals surface area contributed by atoms with Gasteiger partial charge in [0.15, 0.2) is 0 Å². The van der Waals surface area contributed by atoms with E-state index in [0.717, 1.165) is 23.7 Å². The lowest BCUT2D eigenvalue weighted by Gasteiger charge is -2.18. The van der Waals surface area contributed by atoms with E-state index in [1.807, 2.05) is 30.3 Å². The van der Waals surface area contributed by atoms with Gasteiger partial charge in [-0.1, -0.05) is 54.3 Å². The van der Waals surface area contributed by atoms with Gasteiger partial charge in [-0.15, -0.1) is 0 Å². The number of benzene rings is 1. The molecule has 2 amide bonds. The Hall–Kier alpha value is -2.70. The van der Waals surface area contributed by atoms with Crippen LogP contribution in [0.1, 0.15) is 18.4 Å². The van der Waals surface area contributed by atoms with Crippen molar-refractivity contribution >= 4 is 52.1 Å². The molecule has 170 valence electrons. The number of carbonyl (C=O) groups excluding carboxylic acids is 2. The largest absolute Gasteiger partial charge is 0.480 e. The molecule has 0 aliphatic heterocycles. The molecule has 1 rings (SSSR count). The zero-order valence-electron chi connectivity index (χ0n) is 16.7. The van der Waals surface area contributed by atoms with Crippen molar-refractivity contribution in [1.29, 1.82) is 0 Å². The highest BCUT2D eigenvalue weighted by atomic mass is 32.2. The van der Waals surface area contributed by atoms with Crippen LogP contribution in [0.25, 0.3) is 0 Å². The van der Waals surface area contributed by atoms with Crippen LogP contribution in [0.3, 0.4) is 0 Å². The summed E-state index contributed by atoms with van der Waals surface area (Å²) >= 11 is 6.37. The van der Waals surface area contributed by atoms with Gasteiger partial charge in [0.25, 0.3) is 0 Å². The van der Waals surface area contributed by atoms with Crippen LogP contribution in [-0.4, -0.2) is 69.2 Å². The molecule has 0 bridgehead atoms. The number of carboxylic acids is 2. The first-order valence-corrected chi connectivity index (χ1v) is 10.8. The van der Waals surface area contributed by atoms with Crippen LogP contribution >= 0.6 is 24.0 Å². The van der Waals surface area contributed by atoms with E-state index in [1.54, 1.807) is 0 Å². The summed E-state index contributed by atoms with van der Waals surface area (Å²) in [6.45, 7) is -0.00924. The number of nitrogens with two attached hydrogens (primary N) is 1. The number of carboxylic acid groups (broad SMARTS) is 2. The molecule has 1 aromatic carbocycles. The Balaban J connectivity index is 2.53. The van der Waals surface area contributed by atoms with Gasteiger partial charge in [0.05, 0.1) is 0 Å². The summed E-state index contributed by atoms with van der Waals surface area (Å²) in [5.74, 6) is -3.64. The van der Waals surface area contributed by atoms with Crippen LogP contribution in [0.4, 0.5) is 0 Å². The molecule has 0 unspecified atom stereocenters. The van der Waals surface area contributed by atoms with Crippen LogP contribution in [0, 0.1) is 0 Å². The number of rotatable bonds is 13. The molecule has 10 nitrogen and oxygen atoms in total. The smallest absolute Gasteiger partial charge is 0.322 e. The summed E-state index contributed by atoms with van der Waals surface area (Å²) in [6.07, 6.45) is 0.461. The second kappa shape index (κ2) is 14.3. The molecular weight excluding hydrogens is 444 g/mol. The van der Waals surface area contributed by atoms with Crippen molar-refractivity contribution in [3.63, 3.8) is 0 Å². The second-order valence-corrected chi connectivity index (χ2v) is 8.17. The van der Waals surface area contributed by atoms with E-state index < -0.39 is 42.4 Å². The minimum absolute atomic E-state index is 0.0688. The summed E-state index contributed by atoms with van der Waals surface area (Å²) in [4.78, 5) is 45.8. The minimum atomic E-state index is -1.23. The molecule has 1 aromatic rings. The highest BCUT2D eigenvalue weighted by molar-refractivity contribution is 8.23. The van der Waals surface area contributed by atoms with Crippen molar-refractivity contribution in [3.05, 3.63) is 35.9 Å². The Morgan fingerprint density at radius 2 is 1.77 bits per heavy atom. The van der Waals surface area contributed by atoms with E-state index in [4.69, 9.17) is 28.2 Å². The van der Waals surface area contributed by atoms with Crippen LogP contribution in [0.15, 0.2) is 30.3 Å². The summed E-state index contributed by atoms with van der Waals surface area (Å²) in [6, 6.07) is 7.55. The molecule has 0 saturated heterocycles. The van der Waals surface area contributed by atoms with Crippen molar-refractivity contribution in [1.82, 2.24) is 16.0 Å². The predicted octanol–water partition coefficient (Wildman–Crippen LogP) is -0.285. The van der Waals surface area contributed by atoms with Gasteiger partial charge < -0.3 is 31.9 Å². The lowest BCUT2D eigenvalue weighted by molar-refractivity contribution is -0.139. The molecule has 7 N–H and O–H groups in total. The first-order valence-electron chi connectivity index (χ1n) is 9.40. The van der Waals surface area contributed by atoms with E-state index in [9.17, 15) is 19.2 Å².